The number of hydrogen-bond acceptors (Lipinski definition) is 24. The van der Waals surface area contributed by atoms with Crippen molar-refractivity contribution in [1.29, 1.82) is 0 Å². The maximum atomic E-state index is 13.2. The molecule has 27 nitrogen and oxygen atoms in total. The molecule has 0 spiro atoms. The van der Waals surface area contributed by atoms with Crippen LogP contribution in [-0.2, 0) is 95.3 Å². The van der Waals surface area contributed by atoms with Gasteiger partial charge in [-0.2, -0.15) is 25.3 Å². The van der Waals surface area contributed by atoms with Crippen molar-refractivity contribution in [3.8, 4) is 0 Å². The van der Waals surface area contributed by atoms with Gasteiger partial charge in [0.05, 0.1) is 89.8 Å². The van der Waals surface area contributed by atoms with Crippen molar-refractivity contribution in [2.75, 3.05) is 190 Å². The van der Waals surface area contributed by atoms with Gasteiger partial charge in [-0.1, -0.05) is 51.4 Å². The fourth-order valence-corrected chi connectivity index (χ4v) is 13.8. The summed E-state index contributed by atoms with van der Waals surface area (Å²) in [6.45, 7) is 9.13. The van der Waals surface area contributed by atoms with E-state index in [2.05, 4.69) is 30.6 Å². The van der Waals surface area contributed by atoms with Crippen LogP contribution in [0.25, 0.3) is 0 Å². The zero-order chi connectivity index (χ0) is 76.5. The predicted molar refractivity (Wildman–Crippen MR) is 409 cm³/mol. The summed E-state index contributed by atoms with van der Waals surface area (Å²) < 4.78 is 54.3. The molecule has 0 aromatic rings. The Hall–Kier alpha value is -3.70. The third-order valence-corrected chi connectivity index (χ3v) is 20.2. The number of carboxylic acid groups (broad SMARTS) is 2. The predicted octanol–water partition coefficient (Wildman–Crippen LogP) is 8.41. The standard InChI is InChI=1S/C56H98N4O19S2.C17H33NO3S2/c1-70-29-33-76-43-46(78-35-31-72-3)41-74-27-12-9-17-45(61)20-25-59-52(64)39-48(55(59)68)80-37-13-7-5-10-23-58(51(63)18-15-19-54(66)67)24-11-6-8-14-38-81-49-40-53(65)60(56(49)69)26-21-50(62)57-22-16-28-75-42-47(79-36-32-73-4)44-77-34-30-71-2;19-16(10-9-11-17(20)21)18(12-5-1-3-7-14-22)13-6-2-4-8-15-23/h46-49H,5-44H2,1-4H3,(H,57,62)(H,66,67);22-23H,1-15H2,(H,20,21). The summed E-state index contributed by atoms with van der Waals surface area (Å²) >= 11 is 11.3. The van der Waals surface area contributed by atoms with Crippen LogP contribution in [0.5, 0.6) is 0 Å². The number of hydrogen-bond donors (Lipinski definition) is 5. The third-order valence-electron chi connectivity index (χ3n) is 16.9. The highest BCUT2D eigenvalue weighted by Gasteiger charge is 2.40. The van der Waals surface area contributed by atoms with Gasteiger partial charge in [-0.3, -0.25) is 57.7 Å². The Morgan fingerprint density at radius 2 is 0.808 bits per heavy atom. The number of likely N-dealkylation sites (tertiary alicyclic amines) is 2. The quantitative estimate of drug-likeness (QED) is 0.0217. The summed E-state index contributed by atoms with van der Waals surface area (Å²) in [4.78, 5) is 130. The topological polar surface area (TPSA) is 328 Å². The molecule has 2 aliphatic rings. The first-order valence-electron chi connectivity index (χ1n) is 37.9. The van der Waals surface area contributed by atoms with E-state index in [0.717, 1.165) is 127 Å². The van der Waals surface area contributed by atoms with Crippen LogP contribution in [0, 0.1) is 0 Å². The fourth-order valence-electron chi connectivity index (χ4n) is 11.0. The zero-order valence-electron chi connectivity index (χ0n) is 63.3. The number of imide groups is 2. The first kappa shape index (κ1) is 98.3. The maximum absolute atomic E-state index is 13.2. The Bertz CT molecular complexity index is 2170. The highest BCUT2D eigenvalue weighted by molar-refractivity contribution is 8.00. The van der Waals surface area contributed by atoms with Gasteiger partial charge < -0.3 is 72.7 Å². The van der Waals surface area contributed by atoms with Gasteiger partial charge in [-0.25, -0.2) is 0 Å². The van der Waals surface area contributed by atoms with Crippen LogP contribution >= 0.6 is 48.8 Å². The van der Waals surface area contributed by atoms with Gasteiger partial charge in [-0.15, -0.1) is 23.5 Å². The molecule has 2 fully saturated rings. The minimum absolute atomic E-state index is 0.00158. The monoisotopic (exact) mass is 1560 g/mol. The lowest BCUT2D eigenvalue weighted by molar-refractivity contribution is -0.140. The molecule has 4 atom stereocenters. The van der Waals surface area contributed by atoms with Gasteiger partial charge in [0.25, 0.3) is 0 Å². The smallest absolute Gasteiger partial charge is 0.303 e. The number of aliphatic carboxylic acids is 2. The second-order valence-electron chi connectivity index (χ2n) is 25.7. The number of carboxylic acids is 2. The van der Waals surface area contributed by atoms with Gasteiger partial charge in [0.1, 0.15) is 18.0 Å². The highest BCUT2D eigenvalue weighted by atomic mass is 32.2. The minimum Gasteiger partial charge on any atom is -0.481 e. The number of nitrogens with one attached hydrogen (secondary N) is 1. The van der Waals surface area contributed by atoms with E-state index in [1.807, 2.05) is 9.80 Å². The number of Topliss-reactive ketones (excluding diaryl/α,β-unsaturated/α-hetero) is 1. The van der Waals surface area contributed by atoms with Crippen LogP contribution in [0.15, 0.2) is 0 Å². The molecule has 0 aromatic heterocycles. The molecule has 31 heteroatoms. The van der Waals surface area contributed by atoms with Gasteiger partial charge in [0, 0.05) is 145 Å². The normalized spacial score (nSPS) is 15.0. The molecule has 0 saturated carbocycles. The molecule has 104 heavy (non-hydrogen) atoms. The molecule has 3 N–H and O–H groups in total. The Balaban J connectivity index is 0.00000200. The molecule has 0 radical (unpaired) electrons. The van der Waals surface area contributed by atoms with Gasteiger partial charge >= 0.3 is 11.9 Å². The maximum Gasteiger partial charge on any atom is 0.303 e. The molecule has 2 rings (SSSR count). The number of ether oxygens (including phenoxy) is 10. The summed E-state index contributed by atoms with van der Waals surface area (Å²) in [6.07, 6.45) is 18.9. The molecule has 0 aliphatic carbocycles. The number of thiol groups is 2. The van der Waals surface area contributed by atoms with E-state index in [4.69, 9.17) is 57.6 Å². The van der Waals surface area contributed by atoms with Gasteiger partial charge in [-0.05, 0) is 106 Å². The van der Waals surface area contributed by atoms with Crippen LogP contribution in [0.2, 0.25) is 0 Å². The molecular weight excluding hydrogens is 1430 g/mol. The lowest BCUT2D eigenvalue weighted by Gasteiger charge is -2.23. The van der Waals surface area contributed by atoms with E-state index in [0.29, 0.717) is 162 Å². The van der Waals surface area contributed by atoms with Crippen molar-refractivity contribution < 1.29 is 106 Å². The number of thioether (sulfide) groups is 2. The van der Waals surface area contributed by atoms with Crippen molar-refractivity contribution in [1.82, 2.24) is 24.9 Å². The van der Waals surface area contributed by atoms with E-state index in [-0.39, 0.29) is 124 Å². The number of rotatable bonds is 73. The molecule has 0 aromatic carbocycles. The summed E-state index contributed by atoms with van der Waals surface area (Å²) in [5.41, 5.74) is 0. The van der Waals surface area contributed by atoms with Crippen molar-refractivity contribution in [3.05, 3.63) is 0 Å². The first-order valence-corrected chi connectivity index (χ1v) is 41.2. The van der Waals surface area contributed by atoms with Crippen LogP contribution in [0.3, 0.4) is 0 Å². The highest BCUT2D eigenvalue weighted by Crippen LogP contribution is 2.28. The Labute approximate surface area is 639 Å². The lowest BCUT2D eigenvalue weighted by Crippen LogP contribution is -2.36. The van der Waals surface area contributed by atoms with E-state index in [1.54, 1.807) is 28.4 Å². The van der Waals surface area contributed by atoms with Crippen molar-refractivity contribution in [3.63, 3.8) is 0 Å². The number of amides is 7. The number of carbonyl (C=O) groups is 10. The molecule has 7 amide bonds. The van der Waals surface area contributed by atoms with Crippen molar-refractivity contribution in [2.24, 2.45) is 0 Å². The van der Waals surface area contributed by atoms with Crippen LogP contribution in [-0.4, -0.2) is 301 Å². The fraction of sp³-hybridized carbons (Fsp3) is 0.863. The number of ketones is 1. The van der Waals surface area contributed by atoms with E-state index in [1.165, 1.54) is 33.3 Å². The average Bonchev–Trinajstić information content (AvgIpc) is 1.70. The van der Waals surface area contributed by atoms with Crippen LogP contribution < -0.4 is 5.32 Å². The molecule has 4 unspecified atom stereocenters. The van der Waals surface area contributed by atoms with Gasteiger partial charge in [0.2, 0.25) is 41.4 Å². The summed E-state index contributed by atoms with van der Waals surface area (Å²) in [5.74, 6) is 0.255. The van der Waals surface area contributed by atoms with E-state index >= 15 is 0 Å². The SMILES string of the molecule is COCCOCC(COCCCCC(=O)CCN1C(=O)CC(SCCCCCCN(CCCCCCSC2CC(=O)N(CCC(=O)NCCCOCC(COCCOC)OCCOC)C2=O)C(=O)CCCC(=O)O)C1=O)OCCOC.O=C(O)CCCC(=O)N(CCCCCCS)CCCCCCS. The van der Waals surface area contributed by atoms with Crippen molar-refractivity contribution >= 4 is 108 Å². The number of nitrogens with zero attached hydrogens (tertiary/aromatic N) is 4. The minimum atomic E-state index is -0.936. The Morgan fingerprint density at radius 3 is 1.21 bits per heavy atom. The van der Waals surface area contributed by atoms with Crippen molar-refractivity contribution in [2.45, 2.75) is 215 Å². The van der Waals surface area contributed by atoms with Crippen LogP contribution in [0.4, 0.5) is 0 Å². The Morgan fingerprint density at radius 1 is 0.433 bits per heavy atom. The average molecular weight is 1560 g/mol. The number of unbranched alkanes of at least 4 members (excludes halogenated alkanes) is 13. The molecule has 0 bridgehead atoms. The molecular formula is C73H131N5O22S4. The van der Waals surface area contributed by atoms with E-state index < -0.39 is 22.4 Å². The second kappa shape index (κ2) is 68.6. The number of carbonyl (C=O) groups excluding carboxylic acids is 8. The zero-order valence-corrected chi connectivity index (χ0v) is 66.7. The van der Waals surface area contributed by atoms with Crippen LogP contribution in [0.1, 0.15) is 193 Å². The summed E-state index contributed by atoms with van der Waals surface area (Å²) in [7, 11) is 6.42. The van der Waals surface area contributed by atoms with Gasteiger partial charge in [0.15, 0.2) is 0 Å². The first-order chi connectivity index (χ1) is 50.5. The lowest BCUT2D eigenvalue weighted by atomic mass is 10.1. The number of methoxy groups -OCH3 is 4. The molecule has 2 aliphatic heterocycles. The molecule has 604 valence electrons. The molecule has 2 saturated heterocycles. The third kappa shape index (κ3) is 53.2. The largest absolute Gasteiger partial charge is 0.481 e. The van der Waals surface area contributed by atoms with E-state index in [9.17, 15) is 47.9 Å². The summed E-state index contributed by atoms with van der Waals surface area (Å²) in [5, 5.41) is 19.7. The second-order valence-corrected chi connectivity index (χ2v) is 29.2. The Kier molecular flexibility index (Phi) is 64.8. The molecule has 2 heterocycles. The summed E-state index contributed by atoms with van der Waals surface area (Å²) in [6, 6.07) is 0.